The van der Waals surface area contributed by atoms with Crippen molar-refractivity contribution in [3.05, 3.63) is 35.9 Å². The molecule has 3 rings (SSSR count). The molecule has 1 aliphatic carbocycles. The number of carbonyl (C=O) groups excluding carboxylic acids is 2. The van der Waals surface area contributed by atoms with E-state index in [1.165, 1.54) is 14.2 Å². The quantitative estimate of drug-likeness (QED) is 0.626. The van der Waals surface area contributed by atoms with Gasteiger partial charge in [-0.2, -0.15) is 0 Å². The summed E-state index contributed by atoms with van der Waals surface area (Å²) in [6, 6.07) is 10.1. The molecule has 1 aliphatic heterocycles. The molecule has 5 nitrogen and oxygen atoms in total. The molecule has 2 unspecified atom stereocenters. The number of hydrogen-bond donors (Lipinski definition) is 0. The van der Waals surface area contributed by atoms with Gasteiger partial charge < -0.3 is 9.47 Å². The molecule has 0 amide bonds. The number of hydrogen-bond acceptors (Lipinski definition) is 5. The first-order valence-electron chi connectivity index (χ1n) is 7.62. The number of esters is 2. The van der Waals surface area contributed by atoms with E-state index in [2.05, 4.69) is 0 Å². The van der Waals surface area contributed by atoms with Crippen LogP contribution in [-0.2, 0) is 25.6 Å². The Morgan fingerprint density at radius 1 is 1.14 bits per heavy atom. The Kier molecular flexibility index (Phi) is 3.91. The molecule has 2 aliphatic rings. The molecule has 2 bridgehead atoms. The van der Waals surface area contributed by atoms with Gasteiger partial charge in [-0.3, -0.25) is 4.90 Å². The number of piperidine rings is 1. The van der Waals surface area contributed by atoms with Crippen LogP contribution in [0.15, 0.2) is 30.3 Å². The molecule has 0 aromatic heterocycles. The number of rotatable bonds is 4. The van der Waals surface area contributed by atoms with Gasteiger partial charge in [0.05, 0.1) is 14.2 Å². The Labute approximate surface area is 130 Å². The van der Waals surface area contributed by atoms with E-state index in [1.54, 1.807) is 0 Å². The highest BCUT2D eigenvalue weighted by atomic mass is 16.5. The number of ether oxygens (including phenoxy) is 2. The van der Waals surface area contributed by atoms with Crippen molar-refractivity contribution in [2.75, 3.05) is 14.2 Å². The fraction of sp³-hybridized carbons (Fsp3) is 0.529. The molecule has 1 saturated carbocycles. The Morgan fingerprint density at radius 2 is 1.77 bits per heavy atom. The fourth-order valence-corrected chi connectivity index (χ4v) is 4.14. The number of methoxy groups -OCH3 is 2. The van der Waals surface area contributed by atoms with Crippen LogP contribution in [0.2, 0.25) is 0 Å². The van der Waals surface area contributed by atoms with Crippen molar-refractivity contribution in [2.45, 2.75) is 37.4 Å². The lowest BCUT2D eigenvalue weighted by Crippen LogP contribution is -2.63. The van der Waals surface area contributed by atoms with E-state index in [-0.39, 0.29) is 12.0 Å². The standard InChI is InChI=1S/C17H21NO4/c1-21-15(19)17(16(20)22-2)13-8-9-14(10-13)18(17)11-12-6-4-3-5-7-12/h3-7,13-14H,8-11H2,1-2H3. The van der Waals surface area contributed by atoms with Crippen molar-refractivity contribution in [2.24, 2.45) is 5.92 Å². The van der Waals surface area contributed by atoms with Gasteiger partial charge in [-0.1, -0.05) is 30.3 Å². The van der Waals surface area contributed by atoms with E-state index in [0.29, 0.717) is 6.54 Å². The highest BCUT2D eigenvalue weighted by molar-refractivity contribution is 6.06. The maximum atomic E-state index is 12.6. The summed E-state index contributed by atoms with van der Waals surface area (Å²) in [5.41, 5.74) is -0.213. The lowest BCUT2D eigenvalue weighted by Gasteiger charge is -2.42. The van der Waals surface area contributed by atoms with Gasteiger partial charge in [0.25, 0.3) is 0 Å². The maximum Gasteiger partial charge on any atom is 0.338 e. The monoisotopic (exact) mass is 303 g/mol. The van der Waals surface area contributed by atoms with Gasteiger partial charge >= 0.3 is 11.9 Å². The minimum Gasteiger partial charge on any atom is -0.467 e. The van der Waals surface area contributed by atoms with Crippen LogP contribution in [0.4, 0.5) is 0 Å². The first-order chi connectivity index (χ1) is 10.6. The van der Waals surface area contributed by atoms with Crippen LogP contribution in [0, 0.1) is 5.92 Å². The van der Waals surface area contributed by atoms with Crippen LogP contribution in [-0.4, -0.2) is 42.6 Å². The van der Waals surface area contributed by atoms with Gasteiger partial charge in [0.15, 0.2) is 0 Å². The molecule has 1 saturated heterocycles. The van der Waals surface area contributed by atoms with E-state index >= 15 is 0 Å². The van der Waals surface area contributed by atoms with Gasteiger partial charge in [-0.25, -0.2) is 9.59 Å². The third kappa shape index (κ3) is 2.03. The molecule has 5 heteroatoms. The highest BCUT2D eigenvalue weighted by Gasteiger charge is 2.67. The number of nitrogens with zero attached hydrogens (tertiary/aromatic N) is 1. The minimum absolute atomic E-state index is 0.0267. The summed E-state index contributed by atoms with van der Waals surface area (Å²) < 4.78 is 10.00. The van der Waals surface area contributed by atoms with Crippen LogP contribution in [0.5, 0.6) is 0 Å². The van der Waals surface area contributed by atoms with Crippen LogP contribution >= 0.6 is 0 Å². The molecular weight excluding hydrogens is 282 g/mol. The molecule has 0 radical (unpaired) electrons. The average molecular weight is 303 g/mol. The topological polar surface area (TPSA) is 55.8 Å². The second-order valence-electron chi connectivity index (χ2n) is 6.03. The summed E-state index contributed by atoms with van der Waals surface area (Å²) in [6.45, 7) is 0.548. The van der Waals surface area contributed by atoms with Crippen LogP contribution < -0.4 is 0 Å². The predicted octanol–water partition coefficient (Wildman–Crippen LogP) is 1.76. The van der Waals surface area contributed by atoms with Gasteiger partial charge in [0.1, 0.15) is 0 Å². The SMILES string of the molecule is COC(=O)C1(C(=O)OC)C2CCC(C2)N1Cc1ccccc1. The lowest BCUT2D eigenvalue weighted by molar-refractivity contribution is -0.177. The third-order valence-electron chi connectivity index (χ3n) is 5.08. The smallest absolute Gasteiger partial charge is 0.338 e. The van der Waals surface area contributed by atoms with Gasteiger partial charge in [-0.05, 0) is 24.8 Å². The van der Waals surface area contributed by atoms with Crippen molar-refractivity contribution < 1.29 is 19.1 Å². The first-order valence-corrected chi connectivity index (χ1v) is 7.62. The predicted molar refractivity (Wildman–Crippen MR) is 79.9 cm³/mol. The van der Waals surface area contributed by atoms with E-state index in [0.717, 1.165) is 24.8 Å². The zero-order valence-corrected chi connectivity index (χ0v) is 13.0. The molecule has 0 N–H and O–H groups in total. The third-order valence-corrected chi connectivity index (χ3v) is 5.08. The molecular formula is C17H21NO4. The number of likely N-dealkylation sites (tertiary alicyclic amines) is 1. The Bertz CT molecular complexity index is 555. The zero-order valence-electron chi connectivity index (χ0n) is 13.0. The summed E-state index contributed by atoms with van der Waals surface area (Å²) in [5, 5.41) is 0. The second-order valence-corrected chi connectivity index (χ2v) is 6.03. The summed E-state index contributed by atoms with van der Waals surface area (Å²) in [5.74, 6) is -1.02. The van der Waals surface area contributed by atoms with Crippen molar-refractivity contribution in [1.29, 1.82) is 0 Å². The van der Waals surface area contributed by atoms with Gasteiger partial charge in [0.2, 0.25) is 5.54 Å². The second kappa shape index (κ2) is 5.72. The van der Waals surface area contributed by atoms with Crippen molar-refractivity contribution in [1.82, 2.24) is 4.90 Å². The lowest BCUT2D eigenvalue weighted by atomic mass is 9.82. The van der Waals surface area contributed by atoms with Crippen molar-refractivity contribution >= 4 is 11.9 Å². The summed E-state index contributed by atoms with van der Waals surface area (Å²) in [6.07, 6.45) is 2.71. The average Bonchev–Trinajstić information content (AvgIpc) is 3.15. The molecule has 2 atom stereocenters. The van der Waals surface area contributed by atoms with Crippen LogP contribution in [0.3, 0.4) is 0 Å². The molecule has 1 aromatic carbocycles. The number of carbonyl (C=O) groups is 2. The van der Waals surface area contributed by atoms with E-state index < -0.39 is 17.5 Å². The van der Waals surface area contributed by atoms with Crippen LogP contribution in [0.25, 0.3) is 0 Å². The van der Waals surface area contributed by atoms with Crippen molar-refractivity contribution in [3.8, 4) is 0 Å². The summed E-state index contributed by atoms with van der Waals surface area (Å²) in [7, 11) is 2.67. The molecule has 0 spiro atoms. The van der Waals surface area contributed by atoms with E-state index in [9.17, 15) is 9.59 Å². The Hall–Kier alpha value is -1.88. The largest absolute Gasteiger partial charge is 0.467 e. The highest BCUT2D eigenvalue weighted by Crippen LogP contribution is 2.51. The Morgan fingerprint density at radius 3 is 2.36 bits per heavy atom. The molecule has 118 valence electrons. The van der Waals surface area contributed by atoms with Crippen LogP contribution in [0.1, 0.15) is 24.8 Å². The first kappa shape index (κ1) is 15.0. The maximum absolute atomic E-state index is 12.6. The molecule has 1 aromatic rings. The minimum atomic E-state index is -1.29. The summed E-state index contributed by atoms with van der Waals surface area (Å²) >= 11 is 0. The Balaban J connectivity index is 2.01. The molecule has 2 fully saturated rings. The summed E-state index contributed by atoms with van der Waals surface area (Å²) in [4.78, 5) is 27.1. The zero-order chi connectivity index (χ0) is 15.7. The fourth-order valence-electron chi connectivity index (χ4n) is 4.14. The van der Waals surface area contributed by atoms with E-state index in [1.807, 2.05) is 35.2 Å². The molecule has 22 heavy (non-hydrogen) atoms. The molecule has 1 heterocycles. The van der Waals surface area contributed by atoms with Gasteiger partial charge in [0, 0.05) is 18.5 Å². The normalized spacial score (nSPS) is 25.9. The van der Waals surface area contributed by atoms with E-state index in [4.69, 9.17) is 9.47 Å². The van der Waals surface area contributed by atoms with Gasteiger partial charge in [-0.15, -0.1) is 0 Å². The van der Waals surface area contributed by atoms with Crippen molar-refractivity contribution in [3.63, 3.8) is 0 Å². The number of fused-ring (bicyclic) bond motifs is 2. The number of benzene rings is 1.